The maximum absolute atomic E-state index is 12.5. The number of rotatable bonds is 6. The first-order chi connectivity index (χ1) is 11.1. The van der Waals surface area contributed by atoms with Crippen LogP contribution in [0.4, 0.5) is 0 Å². The molecule has 2 fully saturated rings. The standard InChI is InChI=1S/C18H22N2O3/c1-12-9-15(21)20(11-14-5-3-2-4-6-14)16(12)17(22)18(23)19-10-13-7-8-13/h2-6,12-13,16H,7-11H2,1H3,(H,19,23). The van der Waals surface area contributed by atoms with E-state index >= 15 is 0 Å². The lowest BCUT2D eigenvalue weighted by molar-refractivity contribution is -0.143. The Balaban J connectivity index is 1.70. The normalized spacial score (nSPS) is 23.9. The Morgan fingerprint density at radius 3 is 2.57 bits per heavy atom. The van der Waals surface area contributed by atoms with E-state index in [4.69, 9.17) is 0 Å². The highest BCUT2D eigenvalue weighted by molar-refractivity contribution is 6.38. The summed E-state index contributed by atoms with van der Waals surface area (Å²) >= 11 is 0. The van der Waals surface area contributed by atoms with Gasteiger partial charge in [0.1, 0.15) is 6.04 Å². The molecule has 0 radical (unpaired) electrons. The van der Waals surface area contributed by atoms with Crippen LogP contribution in [0.3, 0.4) is 0 Å². The number of amides is 2. The molecule has 5 heteroatoms. The van der Waals surface area contributed by atoms with Crippen LogP contribution in [0.2, 0.25) is 0 Å². The molecule has 1 heterocycles. The van der Waals surface area contributed by atoms with E-state index in [0.717, 1.165) is 18.4 Å². The van der Waals surface area contributed by atoms with Crippen molar-refractivity contribution in [2.24, 2.45) is 11.8 Å². The second-order valence-electron chi connectivity index (χ2n) is 6.65. The van der Waals surface area contributed by atoms with E-state index in [2.05, 4.69) is 5.32 Å². The fraction of sp³-hybridized carbons (Fsp3) is 0.500. The van der Waals surface area contributed by atoms with Crippen LogP contribution in [-0.4, -0.2) is 35.1 Å². The number of hydrogen-bond donors (Lipinski definition) is 1. The number of carbonyl (C=O) groups is 3. The van der Waals surface area contributed by atoms with Crippen molar-refractivity contribution in [3.8, 4) is 0 Å². The summed E-state index contributed by atoms with van der Waals surface area (Å²) in [5, 5.41) is 2.71. The zero-order chi connectivity index (χ0) is 16.4. The monoisotopic (exact) mass is 314 g/mol. The minimum atomic E-state index is -0.651. The molecule has 122 valence electrons. The summed E-state index contributed by atoms with van der Waals surface area (Å²) in [6, 6.07) is 8.90. The molecule has 2 unspecified atom stereocenters. The third-order valence-electron chi connectivity index (χ3n) is 4.63. The molecule has 3 rings (SSSR count). The van der Waals surface area contributed by atoms with E-state index in [1.54, 1.807) is 4.90 Å². The number of ketones is 1. The van der Waals surface area contributed by atoms with Crippen molar-refractivity contribution >= 4 is 17.6 Å². The number of nitrogens with one attached hydrogen (secondary N) is 1. The second-order valence-corrected chi connectivity index (χ2v) is 6.65. The van der Waals surface area contributed by atoms with E-state index in [-0.39, 0.29) is 11.8 Å². The molecule has 0 bridgehead atoms. The second kappa shape index (κ2) is 6.52. The highest BCUT2D eigenvalue weighted by atomic mass is 16.2. The maximum atomic E-state index is 12.5. The zero-order valence-corrected chi connectivity index (χ0v) is 13.3. The van der Waals surface area contributed by atoms with Gasteiger partial charge in [-0.05, 0) is 30.2 Å². The SMILES string of the molecule is CC1CC(=O)N(Cc2ccccc2)C1C(=O)C(=O)NCC1CC1. The van der Waals surface area contributed by atoms with E-state index in [1.165, 1.54) is 0 Å². The Kier molecular flexibility index (Phi) is 4.46. The Morgan fingerprint density at radius 1 is 1.22 bits per heavy atom. The van der Waals surface area contributed by atoms with Gasteiger partial charge in [-0.25, -0.2) is 0 Å². The number of nitrogens with zero attached hydrogens (tertiary/aromatic N) is 1. The van der Waals surface area contributed by atoms with Crippen LogP contribution >= 0.6 is 0 Å². The Morgan fingerprint density at radius 2 is 1.91 bits per heavy atom. The molecule has 0 aromatic heterocycles. The summed E-state index contributed by atoms with van der Waals surface area (Å²) in [6.07, 6.45) is 2.55. The van der Waals surface area contributed by atoms with Crippen molar-refractivity contribution in [1.29, 1.82) is 0 Å². The number of Topliss-reactive ketones (excluding diaryl/α,β-unsaturated/α-hetero) is 1. The van der Waals surface area contributed by atoms with Gasteiger partial charge in [0.05, 0.1) is 0 Å². The Labute approximate surface area is 136 Å². The Bertz CT molecular complexity index is 610. The summed E-state index contributed by atoms with van der Waals surface area (Å²) in [5.41, 5.74) is 0.964. The summed E-state index contributed by atoms with van der Waals surface area (Å²) in [5.74, 6) is -0.712. The molecule has 0 spiro atoms. The molecule has 23 heavy (non-hydrogen) atoms. The van der Waals surface area contributed by atoms with Crippen molar-refractivity contribution in [2.75, 3.05) is 6.54 Å². The summed E-state index contributed by atoms with van der Waals surface area (Å²) < 4.78 is 0. The van der Waals surface area contributed by atoms with Gasteiger partial charge in [0.25, 0.3) is 5.91 Å². The van der Waals surface area contributed by atoms with Gasteiger partial charge in [0.15, 0.2) is 0 Å². The molecule has 1 aliphatic carbocycles. The van der Waals surface area contributed by atoms with Crippen LogP contribution in [-0.2, 0) is 20.9 Å². The fourth-order valence-electron chi connectivity index (χ4n) is 3.11. The minimum Gasteiger partial charge on any atom is -0.349 e. The third-order valence-corrected chi connectivity index (χ3v) is 4.63. The predicted octanol–water partition coefficient (Wildman–Crippen LogP) is 1.52. The van der Waals surface area contributed by atoms with Crippen molar-refractivity contribution in [3.63, 3.8) is 0 Å². The molecule has 2 atom stereocenters. The van der Waals surface area contributed by atoms with E-state index in [9.17, 15) is 14.4 Å². The molecular formula is C18H22N2O3. The summed E-state index contributed by atoms with van der Waals surface area (Å²) in [4.78, 5) is 38.4. The van der Waals surface area contributed by atoms with Gasteiger partial charge < -0.3 is 10.2 Å². The molecule has 5 nitrogen and oxygen atoms in total. The lowest BCUT2D eigenvalue weighted by atomic mass is 9.98. The van der Waals surface area contributed by atoms with Crippen LogP contribution in [0.1, 0.15) is 31.7 Å². The van der Waals surface area contributed by atoms with Crippen molar-refractivity contribution in [3.05, 3.63) is 35.9 Å². The number of benzene rings is 1. The van der Waals surface area contributed by atoms with Gasteiger partial charge in [0.2, 0.25) is 11.7 Å². The van der Waals surface area contributed by atoms with Crippen LogP contribution in [0.15, 0.2) is 30.3 Å². The lowest BCUT2D eigenvalue weighted by Crippen LogP contribution is -2.47. The topological polar surface area (TPSA) is 66.5 Å². The van der Waals surface area contributed by atoms with Gasteiger partial charge in [-0.2, -0.15) is 0 Å². The van der Waals surface area contributed by atoms with Gasteiger partial charge in [0, 0.05) is 19.5 Å². The van der Waals surface area contributed by atoms with Crippen LogP contribution in [0, 0.1) is 11.8 Å². The molecule has 1 aromatic rings. The molecular weight excluding hydrogens is 292 g/mol. The number of carbonyl (C=O) groups excluding carboxylic acids is 3. The van der Waals surface area contributed by atoms with Crippen molar-refractivity contribution in [1.82, 2.24) is 10.2 Å². The van der Waals surface area contributed by atoms with Crippen molar-refractivity contribution < 1.29 is 14.4 Å². The first kappa shape index (κ1) is 15.7. The molecule has 1 saturated heterocycles. The van der Waals surface area contributed by atoms with Gasteiger partial charge in [-0.15, -0.1) is 0 Å². The van der Waals surface area contributed by atoms with Gasteiger partial charge in [-0.1, -0.05) is 37.3 Å². The fourth-order valence-corrected chi connectivity index (χ4v) is 3.11. The average molecular weight is 314 g/mol. The quantitative estimate of drug-likeness (QED) is 0.810. The third kappa shape index (κ3) is 3.60. The molecule has 2 aliphatic rings. The maximum Gasteiger partial charge on any atom is 0.289 e. The average Bonchev–Trinajstić information content (AvgIpc) is 3.32. The highest BCUT2D eigenvalue weighted by Crippen LogP contribution is 2.29. The van der Waals surface area contributed by atoms with Gasteiger partial charge >= 0.3 is 0 Å². The first-order valence-electron chi connectivity index (χ1n) is 8.21. The largest absolute Gasteiger partial charge is 0.349 e. The van der Waals surface area contributed by atoms with E-state index in [0.29, 0.717) is 25.4 Å². The summed E-state index contributed by atoms with van der Waals surface area (Å²) in [6.45, 7) is 2.80. The van der Waals surface area contributed by atoms with Gasteiger partial charge in [-0.3, -0.25) is 14.4 Å². The zero-order valence-electron chi connectivity index (χ0n) is 13.3. The predicted molar refractivity (Wildman–Crippen MR) is 85.3 cm³/mol. The molecule has 1 N–H and O–H groups in total. The smallest absolute Gasteiger partial charge is 0.289 e. The highest BCUT2D eigenvalue weighted by Gasteiger charge is 2.43. The minimum absolute atomic E-state index is 0.0605. The van der Waals surface area contributed by atoms with E-state index in [1.807, 2.05) is 37.3 Å². The van der Waals surface area contributed by atoms with Crippen LogP contribution < -0.4 is 5.32 Å². The summed E-state index contributed by atoms with van der Waals surface area (Å²) in [7, 11) is 0. The van der Waals surface area contributed by atoms with Crippen LogP contribution in [0.25, 0.3) is 0 Å². The first-order valence-corrected chi connectivity index (χ1v) is 8.21. The van der Waals surface area contributed by atoms with Crippen molar-refractivity contribution in [2.45, 2.75) is 38.8 Å². The lowest BCUT2D eigenvalue weighted by Gasteiger charge is -2.25. The number of hydrogen-bond acceptors (Lipinski definition) is 3. The van der Waals surface area contributed by atoms with E-state index < -0.39 is 17.7 Å². The molecule has 2 amide bonds. The van der Waals surface area contributed by atoms with Crippen LogP contribution in [0.5, 0.6) is 0 Å². The Hall–Kier alpha value is -2.17. The number of likely N-dealkylation sites (tertiary alicyclic amines) is 1. The molecule has 1 aliphatic heterocycles. The molecule has 1 aromatic carbocycles. The molecule has 1 saturated carbocycles.